The predicted octanol–water partition coefficient (Wildman–Crippen LogP) is 2.94. The van der Waals surface area contributed by atoms with Crippen molar-refractivity contribution < 1.29 is 4.21 Å². The largest absolute Gasteiger partial charge is 0.357 e. The molecule has 0 aliphatic heterocycles. The fourth-order valence-electron chi connectivity index (χ4n) is 1.72. The second kappa shape index (κ2) is 9.16. The average Bonchev–Trinajstić information content (AvgIpc) is 2.43. The number of guanidine groups is 1. The fourth-order valence-corrected chi connectivity index (χ4v) is 2.83. The lowest BCUT2D eigenvalue weighted by molar-refractivity contribution is 0.647. The maximum absolute atomic E-state index is 12.0. The van der Waals surface area contributed by atoms with Gasteiger partial charge in [-0.1, -0.05) is 23.7 Å². The number of aliphatic imine (C=N–C) groups is 1. The Morgan fingerprint density at radius 3 is 2.64 bits per heavy atom. The Balaban J connectivity index is 2.54. The highest BCUT2D eigenvalue weighted by atomic mass is 35.5. The first-order valence-electron chi connectivity index (χ1n) is 7.48. The summed E-state index contributed by atoms with van der Waals surface area (Å²) in [4.78, 5) is 4.52. The molecule has 0 heterocycles. The van der Waals surface area contributed by atoms with Crippen molar-refractivity contribution in [3.05, 3.63) is 34.9 Å². The summed E-state index contributed by atoms with van der Waals surface area (Å²) in [7, 11) is -0.863. The topological polar surface area (TPSA) is 53.5 Å². The van der Waals surface area contributed by atoms with E-state index in [1.807, 2.05) is 52.0 Å². The van der Waals surface area contributed by atoms with E-state index in [2.05, 4.69) is 15.6 Å². The van der Waals surface area contributed by atoms with E-state index in [9.17, 15) is 4.21 Å². The molecular weight excluding hydrogens is 318 g/mol. The van der Waals surface area contributed by atoms with Crippen molar-refractivity contribution in [1.29, 1.82) is 0 Å². The molecule has 0 aromatic heterocycles. The monoisotopic (exact) mass is 343 g/mol. The molecule has 1 rings (SSSR count). The van der Waals surface area contributed by atoms with Crippen LogP contribution >= 0.6 is 11.6 Å². The smallest absolute Gasteiger partial charge is 0.191 e. The van der Waals surface area contributed by atoms with Crippen LogP contribution in [0, 0.1) is 0 Å². The summed E-state index contributed by atoms with van der Waals surface area (Å²) in [5.41, 5.74) is 1.06. The molecule has 0 radical (unpaired) electrons. The molecule has 0 aliphatic rings. The Morgan fingerprint density at radius 2 is 2.05 bits per heavy atom. The molecule has 1 unspecified atom stereocenters. The highest BCUT2D eigenvalue weighted by Crippen LogP contribution is 2.11. The van der Waals surface area contributed by atoms with Gasteiger partial charge in [-0.15, -0.1) is 0 Å². The van der Waals surface area contributed by atoms with Crippen molar-refractivity contribution >= 4 is 28.4 Å². The molecule has 1 aromatic carbocycles. The Hall–Kier alpha value is -1.07. The van der Waals surface area contributed by atoms with Crippen LogP contribution < -0.4 is 10.6 Å². The molecule has 0 amide bonds. The molecule has 0 spiro atoms. The van der Waals surface area contributed by atoms with E-state index in [1.165, 1.54) is 0 Å². The van der Waals surface area contributed by atoms with E-state index >= 15 is 0 Å². The lowest BCUT2D eigenvalue weighted by atomic mass is 10.2. The summed E-state index contributed by atoms with van der Waals surface area (Å²) >= 11 is 5.97. The Bertz CT molecular complexity index is 526. The number of nitrogens with zero attached hydrogens (tertiary/aromatic N) is 1. The maximum Gasteiger partial charge on any atom is 0.191 e. The molecular formula is C16H26ClN3OS. The van der Waals surface area contributed by atoms with Crippen LogP contribution in [0.2, 0.25) is 5.02 Å². The van der Waals surface area contributed by atoms with Crippen LogP contribution in [0.1, 0.15) is 33.3 Å². The van der Waals surface area contributed by atoms with Crippen LogP contribution in [-0.2, 0) is 17.3 Å². The van der Waals surface area contributed by atoms with Crippen molar-refractivity contribution in [3.63, 3.8) is 0 Å². The van der Waals surface area contributed by atoms with Gasteiger partial charge in [0.15, 0.2) is 5.96 Å². The molecule has 4 nitrogen and oxygen atoms in total. The first-order valence-corrected chi connectivity index (χ1v) is 9.17. The van der Waals surface area contributed by atoms with Gasteiger partial charge in [0, 0.05) is 39.4 Å². The predicted molar refractivity (Wildman–Crippen MR) is 97.0 cm³/mol. The Morgan fingerprint density at radius 1 is 1.32 bits per heavy atom. The molecule has 2 N–H and O–H groups in total. The van der Waals surface area contributed by atoms with E-state index in [0.29, 0.717) is 23.9 Å². The lowest BCUT2D eigenvalue weighted by Gasteiger charge is -2.18. The molecule has 0 fully saturated rings. The van der Waals surface area contributed by atoms with Crippen LogP contribution in [0.15, 0.2) is 29.3 Å². The molecule has 0 aliphatic carbocycles. The Kier molecular flexibility index (Phi) is 7.90. The zero-order chi connectivity index (χ0) is 16.6. The van der Waals surface area contributed by atoms with E-state index in [0.717, 1.165) is 18.1 Å². The minimum atomic E-state index is -0.863. The SMILES string of the molecule is CCNC(=NCc1cccc(Cl)c1)NCCS(=O)C(C)(C)C. The van der Waals surface area contributed by atoms with Gasteiger partial charge < -0.3 is 10.6 Å². The highest BCUT2D eigenvalue weighted by molar-refractivity contribution is 7.86. The number of rotatable bonds is 6. The molecule has 0 saturated heterocycles. The Labute approximate surface area is 141 Å². The fraction of sp³-hybridized carbons (Fsp3) is 0.562. The van der Waals surface area contributed by atoms with Crippen molar-refractivity contribution in [2.45, 2.75) is 39.0 Å². The van der Waals surface area contributed by atoms with E-state index < -0.39 is 10.8 Å². The summed E-state index contributed by atoms with van der Waals surface area (Å²) in [5.74, 6) is 1.33. The molecule has 1 atom stereocenters. The minimum absolute atomic E-state index is 0.183. The molecule has 0 bridgehead atoms. The van der Waals surface area contributed by atoms with E-state index in [4.69, 9.17) is 11.6 Å². The highest BCUT2D eigenvalue weighted by Gasteiger charge is 2.18. The number of benzene rings is 1. The van der Waals surface area contributed by atoms with Crippen LogP contribution in [0.4, 0.5) is 0 Å². The van der Waals surface area contributed by atoms with E-state index in [-0.39, 0.29) is 4.75 Å². The van der Waals surface area contributed by atoms with Gasteiger partial charge in [0.2, 0.25) is 0 Å². The van der Waals surface area contributed by atoms with Crippen molar-refractivity contribution in [1.82, 2.24) is 10.6 Å². The maximum atomic E-state index is 12.0. The normalized spacial score (nSPS) is 13.8. The quantitative estimate of drug-likeness (QED) is 0.616. The average molecular weight is 344 g/mol. The first kappa shape index (κ1) is 19.0. The summed E-state index contributed by atoms with van der Waals surface area (Å²) in [5, 5.41) is 7.12. The third-order valence-electron chi connectivity index (χ3n) is 2.92. The zero-order valence-corrected chi connectivity index (χ0v) is 15.4. The number of halogens is 1. The lowest BCUT2D eigenvalue weighted by Crippen LogP contribution is -2.40. The van der Waals surface area contributed by atoms with Crippen LogP contribution in [0.5, 0.6) is 0 Å². The van der Waals surface area contributed by atoms with Gasteiger partial charge >= 0.3 is 0 Å². The number of hydrogen-bond acceptors (Lipinski definition) is 2. The summed E-state index contributed by atoms with van der Waals surface area (Å²) in [6.45, 7) is 9.95. The van der Waals surface area contributed by atoms with Gasteiger partial charge in [-0.05, 0) is 45.4 Å². The summed E-state index contributed by atoms with van der Waals surface area (Å²) in [6, 6.07) is 7.66. The zero-order valence-electron chi connectivity index (χ0n) is 13.8. The number of hydrogen-bond donors (Lipinski definition) is 2. The van der Waals surface area contributed by atoms with Crippen molar-refractivity contribution in [2.24, 2.45) is 4.99 Å². The van der Waals surface area contributed by atoms with E-state index in [1.54, 1.807) is 0 Å². The summed E-state index contributed by atoms with van der Waals surface area (Å²) < 4.78 is 11.8. The van der Waals surface area contributed by atoms with Crippen LogP contribution in [-0.4, -0.2) is 33.8 Å². The van der Waals surface area contributed by atoms with Crippen molar-refractivity contribution in [3.8, 4) is 0 Å². The molecule has 6 heteroatoms. The second-order valence-corrected chi connectivity index (χ2v) is 8.67. The second-order valence-electron chi connectivity index (χ2n) is 5.91. The van der Waals surface area contributed by atoms with Gasteiger partial charge in [-0.25, -0.2) is 4.99 Å². The van der Waals surface area contributed by atoms with Gasteiger partial charge in [0.05, 0.1) is 6.54 Å². The molecule has 0 saturated carbocycles. The van der Waals surface area contributed by atoms with Crippen molar-refractivity contribution in [2.75, 3.05) is 18.8 Å². The first-order chi connectivity index (χ1) is 10.3. The van der Waals surface area contributed by atoms with Gasteiger partial charge in [-0.2, -0.15) is 0 Å². The summed E-state index contributed by atoms with van der Waals surface area (Å²) in [6.07, 6.45) is 0. The number of nitrogens with one attached hydrogen (secondary N) is 2. The van der Waals surface area contributed by atoms with Gasteiger partial charge in [0.1, 0.15) is 0 Å². The third-order valence-corrected chi connectivity index (χ3v) is 5.09. The van der Waals surface area contributed by atoms with Crippen LogP contribution in [0.3, 0.4) is 0 Å². The standard InChI is InChI=1S/C16H26ClN3OS/c1-5-18-15(19-9-10-22(21)16(2,3)4)20-12-13-7-6-8-14(17)11-13/h6-8,11H,5,9-10,12H2,1-4H3,(H2,18,19,20). The van der Waals surface area contributed by atoms with Crippen LogP contribution in [0.25, 0.3) is 0 Å². The third kappa shape index (κ3) is 7.27. The molecule has 22 heavy (non-hydrogen) atoms. The minimum Gasteiger partial charge on any atom is -0.357 e. The molecule has 124 valence electrons. The van der Waals surface area contributed by atoms with Gasteiger partial charge in [-0.3, -0.25) is 4.21 Å². The molecule has 1 aromatic rings. The van der Waals surface area contributed by atoms with Gasteiger partial charge in [0.25, 0.3) is 0 Å².